The van der Waals surface area contributed by atoms with Crippen molar-refractivity contribution in [1.82, 2.24) is 20.3 Å². The molecule has 0 bridgehead atoms. The number of carbonyl (C=O) groups is 1. The number of nitrogens with zero attached hydrogens (tertiary/aromatic N) is 3. The second-order valence-corrected chi connectivity index (χ2v) is 5.71. The predicted octanol–water partition coefficient (Wildman–Crippen LogP) is 3.21. The average molecular weight is 370 g/mol. The molecular weight excluding hydrogens is 354 g/mol. The van der Waals surface area contributed by atoms with E-state index in [1.807, 2.05) is 12.1 Å². The van der Waals surface area contributed by atoms with Gasteiger partial charge in [0, 0.05) is 30.7 Å². The number of benzene rings is 1. The summed E-state index contributed by atoms with van der Waals surface area (Å²) < 4.78 is 5.12. The van der Waals surface area contributed by atoms with Gasteiger partial charge in [-0.15, -0.1) is 0 Å². The molecule has 0 saturated heterocycles. The van der Waals surface area contributed by atoms with Gasteiger partial charge >= 0.3 is 0 Å². The Hall–Kier alpha value is -3.19. The molecule has 3 aromatic rings. The fraction of sp³-hybridized carbons (Fsp3) is 0.111. The first kappa shape index (κ1) is 17.6. The quantitative estimate of drug-likeness (QED) is 0.693. The summed E-state index contributed by atoms with van der Waals surface area (Å²) >= 11 is 6.11. The van der Waals surface area contributed by atoms with Gasteiger partial charge in [0.25, 0.3) is 5.91 Å². The van der Waals surface area contributed by atoms with E-state index in [4.69, 9.17) is 16.3 Å². The molecule has 1 amide bonds. The second-order valence-electron chi connectivity index (χ2n) is 5.31. The van der Waals surface area contributed by atoms with Crippen LogP contribution in [-0.2, 0) is 6.54 Å². The van der Waals surface area contributed by atoms with E-state index in [1.165, 1.54) is 6.33 Å². The van der Waals surface area contributed by atoms with E-state index < -0.39 is 0 Å². The molecule has 7 nitrogen and oxygen atoms in total. The Kier molecular flexibility index (Phi) is 5.60. The molecule has 2 heterocycles. The minimum Gasteiger partial charge on any atom is -0.495 e. The molecule has 3 rings (SSSR count). The number of anilines is 2. The fourth-order valence-electron chi connectivity index (χ4n) is 2.22. The van der Waals surface area contributed by atoms with Crippen molar-refractivity contribution in [2.45, 2.75) is 6.54 Å². The van der Waals surface area contributed by atoms with Crippen LogP contribution in [0.3, 0.4) is 0 Å². The number of ether oxygens (including phenoxy) is 1. The molecule has 0 atom stereocenters. The molecule has 0 spiro atoms. The Morgan fingerprint density at radius 3 is 2.85 bits per heavy atom. The van der Waals surface area contributed by atoms with Crippen molar-refractivity contribution in [3.63, 3.8) is 0 Å². The zero-order chi connectivity index (χ0) is 18.4. The van der Waals surface area contributed by atoms with Crippen LogP contribution >= 0.6 is 11.6 Å². The zero-order valence-corrected chi connectivity index (χ0v) is 14.7. The van der Waals surface area contributed by atoms with Crippen molar-refractivity contribution >= 4 is 29.0 Å². The van der Waals surface area contributed by atoms with E-state index in [0.29, 0.717) is 23.1 Å². The first-order valence-electron chi connectivity index (χ1n) is 7.75. The molecule has 8 heteroatoms. The molecule has 2 aromatic heterocycles. The number of carbonyl (C=O) groups excluding carboxylic acids is 1. The lowest BCUT2D eigenvalue weighted by atomic mass is 10.2. The summed E-state index contributed by atoms with van der Waals surface area (Å²) in [5, 5.41) is 6.35. The van der Waals surface area contributed by atoms with Gasteiger partial charge in [0.15, 0.2) is 0 Å². The van der Waals surface area contributed by atoms with E-state index in [2.05, 4.69) is 25.6 Å². The van der Waals surface area contributed by atoms with Gasteiger partial charge in [-0.3, -0.25) is 9.78 Å². The van der Waals surface area contributed by atoms with Crippen LogP contribution in [0.2, 0.25) is 5.02 Å². The highest BCUT2D eigenvalue weighted by atomic mass is 35.5. The number of amides is 1. The summed E-state index contributed by atoms with van der Waals surface area (Å²) in [6, 6.07) is 10.5. The predicted molar refractivity (Wildman–Crippen MR) is 98.7 cm³/mol. The molecule has 0 aliphatic carbocycles. The Morgan fingerprint density at radius 2 is 2.12 bits per heavy atom. The highest BCUT2D eigenvalue weighted by molar-refractivity contribution is 6.32. The number of halogens is 1. The summed E-state index contributed by atoms with van der Waals surface area (Å²) in [6.07, 6.45) is 4.70. The standard InChI is InChI=1S/C18H16ClN5O2/c1-26-16-5-4-13(7-14(16)19)24-17-8-15(22-11-23-17)18(25)21-10-12-3-2-6-20-9-12/h2-9,11H,10H2,1H3,(H,21,25)(H,22,23,24). The van der Waals surface area contributed by atoms with Crippen molar-refractivity contribution < 1.29 is 9.53 Å². The maximum absolute atomic E-state index is 12.3. The largest absolute Gasteiger partial charge is 0.495 e. The fourth-order valence-corrected chi connectivity index (χ4v) is 2.48. The van der Waals surface area contributed by atoms with E-state index >= 15 is 0 Å². The lowest BCUT2D eigenvalue weighted by Gasteiger charge is -2.09. The van der Waals surface area contributed by atoms with Crippen molar-refractivity contribution in [1.29, 1.82) is 0 Å². The van der Waals surface area contributed by atoms with Crippen LogP contribution in [0.5, 0.6) is 5.75 Å². The van der Waals surface area contributed by atoms with Crippen molar-refractivity contribution in [3.05, 3.63) is 71.4 Å². The molecule has 0 saturated carbocycles. The van der Waals surface area contributed by atoms with Crippen molar-refractivity contribution in [2.75, 3.05) is 12.4 Å². The van der Waals surface area contributed by atoms with Crippen LogP contribution in [0.1, 0.15) is 16.1 Å². The normalized spacial score (nSPS) is 10.2. The van der Waals surface area contributed by atoms with Crippen LogP contribution in [0.25, 0.3) is 0 Å². The van der Waals surface area contributed by atoms with Gasteiger partial charge in [-0.05, 0) is 29.8 Å². The van der Waals surface area contributed by atoms with Crippen LogP contribution in [-0.4, -0.2) is 28.0 Å². The van der Waals surface area contributed by atoms with E-state index in [-0.39, 0.29) is 11.6 Å². The number of rotatable bonds is 6. The molecule has 0 unspecified atom stereocenters. The lowest BCUT2D eigenvalue weighted by molar-refractivity contribution is 0.0945. The van der Waals surface area contributed by atoms with Gasteiger partial charge in [-0.2, -0.15) is 0 Å². The summed E-state index contributed by atoms with van der Waals surface area (Å²) in [4.78, 5) is 24.4. The number of aromatic nitrogens is 3. The molecule has 0 aliphatic rings. The Morgan fingerprint density at radius 1 is 1.23 bits per heavy atom. The summed E-state index contributed by atoms with van der Waals surface area (Å²) in [7, 11) is 1.55. The smallest absolute Gasteiger partial charge is 0.270 e. The third kappa shape index (κ3) is 4.46. The van der Waals surface area contributed by atoms with Crippen LogP contribution in [0.15, 0.2) is 55.1 Å². The van der Waals surface area contributed by atoms with Gasteiger partial charge in [0.2, 0.25) is 0 Å². The number of hydrogen-bond donors (Lipinski definition) is 2. The third-order valence-corrected chi connectivity index (χ3v) is 3.80. The van der Waals surface area contributed by atoms with Gasteiger partial charge in [0.1, 0.15) is 23.6 Å². The molecule has 26 heavy (non-hydrogen) atoms. The molecule has 0 aliphatic heterocycles. The summed E-state index contributed by atoms with van der Waals surface area (Å²) in [5.41, 5.74) is 1.88. The summed E-state index contributed by atoms with van der Waals surface area (Å²) in [5.74, 6) is 0.759. The van der Waals surface area contributed by atoms with Gasteiger partial charge in [-0.25, -0.2) is 9.97 Å². The topological polar surface area (TPSA) is 89.0 Å². The number of methoxy groups -OCH3 is 1. The van der Waals surface area contributed by atoms with Crippen LogP contribution < -0.4 is 15.4 Å². The molecule has 2 N–H and O–H groups in total. The maximum atomic E-state index is 12.3. The number of nitrogens with one attached hydrogen (secondary N) is 2. The first-order valence-corrected chi connectivity index (χ1v) is 8.13. The van der Waals surface area contributed by atoms with Gasteiger partial charge in [0.05, 0.1) is 12.1 Å². The number of hydrogen-bond acceptors (Lipinski definition) is 6. The average Bonchev–Trinajstić information content (AvgIpc) is 2.67. The second kappa shape index (κ2) is 8.26. The van der Waals surface area contributed by atoms with Crippen molar-refractivity contribution in [3.8, 4) is 5.75 Å². The van der Waals surface area contributed by atoms with Gasteiger partial charge < -0.3 is 15.4 Å². The highest BCUT2D eigenvalue weighted by Crippen LogP contribution is 2.28. The zero-order valence-electron chi connectivity index (χ0n) is 13.9. The number of pyridine rings is 1. The third-order valence-electron chi connectivity index (χ3n) is 3.50. The maximum Gasteiger partial charge on any atom is 0.270 e. The minimum absolute atomic E-state index is 0.256. The first-order chi connectivity index (χ1) is 12.7. The monoisotopic (exact) mass is 369 g/mol. The molecule has 132 valence electrons. The Labute approximate surface area is 155 Å². The van der Waals surface area contributed by atoms with Crippen LogP contribution in [0.4, 0.5) is 11.5 Å². The minimum atomic E-state index is -0.299. The molecule has 0 radical (unpaired) electrons. The summed E-state index contributed by atoms with van der Waals surface area (Å²) in [6.45, 7) is 0.369. The van der Waals surface area contributed by atoms with E-state index in [9.17, 15) is 4.79 Å². The Balaban J connectivity index is 1.67. The molecule has 0 fully saturated rings. The highest BCUT2D eigenvalue weighted by Gasteiger charge is 2.09. The van der Waals surface area contributed by atoms with Crippen LogP contribution in [0, 0.1) is 0 Å². The van der Waals surface area contributed by atoms with Crippen molar-refractivity contribution in [2.24, 2.45) is 0 Å². The lowest BCUT2D eigenvalue weighted by Crippen LogP contribution is -2.24. The Bertz CT molecular complexity index is 905. The molecule has 1 aromatic carbocycles. The van der Waals surface area contributed by atoms with Gasteiger partial charge in [-0.1, -0.05) is 17.7 Å². The van der Waals surface area contributed by atoms with E-state index in [1.54, 1.807) is 43.8 Å². The van der Waals surface area contributed by atoms with E-state index in [0.717, 1.165) is 11.3 Å². The molecular formula is C18H16ClN5O2. The SMILES string of the molecule is COc1ccc(Nc2cc(C(=O)NCc3cccnc3)ncn2)cc1Cl.